The van der Waals surface area contributed by atoms with Gasteiger partial charge in [-0.15, -0.1) is 0 Å². The van der Waals surface area contributed by atoms with E-state index in [0.29, 0.717) is 19.2 Å². The lowest BCUT2D eigenvalue weighted by molar-refractivity contribution is 0.113. The second-order valence-electron chi connectivity index (χ2n) is 5.33. The number of ether oxygens (including phenoxy) is 1. The highest BCUT2D eigenvalue weighted by Crippen LogP contribution is 2.23. The average molecular weight is 311 g/mol. The monoisotopic (exact) mass is 311 g/mol. The highest BCUT2D eigenvalue weighted by Gasteiger charge is 2.24. The number of amides is 2. The molecule has 0 aromatic carbocycles. The van der Waals surface area contributed by atoms with Crippen molar-refractivity contribution in [3.8, 4) is 0 Å². The molecule has 2 rings (SSSR count). The molecule has 1 aliphatic heterocycles. The summed E-state index contributed by atoms with van der Waals surface area (Å²) in [5, 5.41) is 7.28. The summed E-state index contributed by atoms with van der Waals surface area (Å²) in [6.45, 7) is 7.06. The van der Waals surface area contributed by atoms with Gasteiger partial charge in [-0.1, -0.05) is 0 Å². The van der Waals surface area contributed by atoms with Crippen LogP contribution in [0.5, 0.6) is 0 Å². The van der Waals surface area contributed by atoms with E-state index in [4.69, 9.17) is 4.74 Å². The zero-order chi connectivity index (χ0) is 15.1. The maximum Gasteiger partial charge on any atom is 0.317 e. The number of rotatable bonds is 6. The molecule has 0 radical (unpaired) electrons. The molecule has 0 aliphatic carbocycles. The van der Waals surface area contributed by atoms with Gasteiger partial charge in [-0.3, -0.25) is 4.90 Å². The molecule has 0 spiro atoms. The lowest BCUT2D eigenvalue weighted by atomic mass is 10.1. The molecule has 1 fully saturated rings. The molecule has 1 saturated heterocycles. The van der Waals surface area contributed by atoms with Crippen molar-refractivity contribution in [2.75, 3.05) is 46.4 Å². The first-order valence-corrected chi connectivity index (χ1v) is 8.44. The first-order valence-electron chi connectivity index (χ1n) is 7.50. The Morgan fingerprint density at radius 1 is 1.43 bits per heavy atom. The predicted molar refractivity (Wildman–Crippen MR) is 85.8 cm³/mol. The van der Waals surface area contributed by atoms with Crippen molar-refractivity contribution < 1.29 is 9.53 Å². The fourth-order valence-electron chi connectivity index (χ4n) is 2.56. The average Bonchev–Trinajstić information content (AvgIpc) is 3.05. The quantitative estimate of drug-likeness (QED) is 0.819. The number of thiophene rings is 1. The van der Waals surface area contributed by atoms with E-state index < -0.39 is 0 Å². The number of methoxy groups -OCH3 is 1. The Morgan fingerprint density at radius 2 is 2.19 bits per heavy atom. The molecule has 118 valence electrons. The van der Waals surface area contributed by atoms with E-state index in [2.05, 4.69) is 34.0 Å². The minimum absolute atomic E-state index is 0.0499. The van der Waals surface area contributed by atoms with Crippen LogP contribution in [0.1, 0.15) is 24.9 Å². The third kappa shape index (κ3) is 4.69. The van der Waals surface area contributed by atoms with Gasteiger partial charge in [0.2, 0.25) is 0 Å². The van der Waals surface area contributed by atoms with Gasteiger partial charge >= 0.3 is 6.03 Å². The van der Waals surface area contributed by atoms with E-state index in [9.17, 15) is 4.79 Å². The first-order chi connectivity index (χ1) is 10.2. The number of nitrogens with zero attached hydrogens (tertiary/aromatic N) is 2. The summed E-state index contributed by atoms with van der Waals surface area (Å²) in [7, 11) is 1.68. The van der Waals surface area contributed by atoms with Crippen molar-refractivity contribution in [1.29, 1.82) is 0 Å². The summed E-state index contributed by atoms with van der Waals surface area (Å²) < 4.78 is 4.97. The minimum Gasteiger partial charge on any atom is -0.385 e. The van der Waals surface area contributed by atoms with Crippen molar-refractivity contribution in [3.63, 3.8) is 0 Å². The zero-order valence-electron chi connectivity index (χ0n) is 12.9. The van der Waals surface area contributed by atoms with Crippen LogP contribution < -0.4 is 5.32 Å². The number of piperazine rings is 1. The SMILES string of the molecule is COCCCNC(=O)N1CCN([C@@H](C)c2ccsc2)CC1. The smallest absolute Gasteiger partial charge is 0.317 e. The second kappa shape index (κ2) is 8.36. The third-order valence-corrected chi connectivity index (χ3v) is 4.68. The van der Waals surface area contributed by atoms with Crippen LogP contribution in [-0.2, 0) is 4.74 Å². The summed E-state index contributed by atoms with van der Waals surface area (Å²) >= 11 is 1.74. The number of carbonyl (C=O) groups is 1. The fraction of sp³-hybridized carbons (Fsp3) is 0.667. The minimum atomic E-state index is 0.0499. The zero-order valence-corrected chi connectivity index (χ0v) is 13.7. The number of urea groups is 1. The molecule has 0 unspecified atom stereocenters. The molecule has 21 heavy (non-hydrogen) atoms. The largest absolute Gasteiger partial charge is 0.385 e. The van der Waals surface area contributed by atoms with Gasteiger partial charge in [0.25, 0.3) is 0 Å². The summed E-state index contributed by atoms with van der Waals surface area (Å²) in [5.74, 6) is 0. The predicted octanol–water partition coefficient (Wildman–Crippen LogP) is 2.17. The van der Waals surface area contributed by atoms with E-state index in [1.165, 1.54) is 5.56 Å². The Morgan fingerprint density at radius 3 is 2.81 bits per heavy atom. The molecule has 0 bridgehead atoms. The van der Waals surface area contributed by atoms with Gasteiger partial charge < -0.3 is 15.0 Å². The molecule has 6 heteroatoms. The third-order valence-electron chi connectivity index (χ3n) is 3.98. The highest BCUT2D eigenvalue weighted by molar-refractivity contribution is 7.07. The van der Waals surface area contributed by atoms with E-state index >= 15 is 0 Å². The molecule has 1 aromatic heterocycles. The fourth-order valence-corrected chi connectivity index (χ4v) is 3.31. The Hall–Kier alpha value is -1.11. The van der Waals surface area contributed by atoms with Crippen molar-refractivity contribution in [3.05, 3.63) is 22.4 Å². The van der Waals surface area contributed by atoms with Crippen LogP contribution >= 0.6 is 11.3 Å². The number of hydrogen-bond donors (Lipinski definition) is 1. The second-order valence-corrected chi connectivity index (χ2v) is 6.11. The van der Waals surface area contributed by atoms with Crippen LogP contribution in [-0.4, -0.2) is 62.3 Å². The molecule has 2 amide bonds. The topological polar surface area (TPSA) is 44.8 Å². The number of nitrogens with one attached hydrogen (secondary N) is 1. The molecule has 1 N–H and O–H groups in total. The van der Waals surface area contributed by atoms with Gasteiger partial charge in [-0.2, -0.15) is 11.3 Å². The molecule has 2 heterocycles. The van der Waals surface area contributed by atoms with Crippen molar-refractivity contribution in [2.45, 2.75) is 19.4 Å². The van der Waals surface area contributed by atoms with Crippen LogP contribution in [0.25, 0.3) is 0 Å². The lowest BCUT2D eigenvalue weighted by Gasteiger charge is -2.37. The van der Waals surface area contributed by atoms with Gasteiger partial charge in [0.15, 0.2) is 0 Å². The van der Waals surface area contributed by atoms with Gasteiger partial charge in [0, 0.05) is 52.5 Å². The van der Waals surface area contributed by atoms with E-state index in [-0.39, 0.29) is 6.03 Å². The summed E-state index contributed by atoms with van der Waals surface area (Å²) in [4.78, 5) is 16.4. The Balaban J connectivity index is 1.71. The standard InChI is InChI=1S/C15H25N3O2S/c1-13(14-4-11-21-12-14)17-6-8-18(9-7-17)15(19)16-5-3-10-20-2/h4,11-13H,3,5-10H2,1-2H3,(H,16,19)/t13-/m0/s1. The van der Waals surface area contributed by atoms with Crippen LogP contribution in [0.4, 0.5) is 4.79 Å². The summed E-state index contributed by atoms with van der Waals surface area (Å²) in [6, 6.07) is 2.67. The molecule has 1 atom stereocenters. The molecule has 0 saturated carbocycles. The number of hydrogen-bond acceptors (Lipinski definition) is 4. The normalized spacial score (nSPS) is 17.7. The van der Waals surface area contributed by atoms with E-state index in [0.717, 1.165) is 32.6 Å². The maximum absolute atomic E-state index is 12.0. The lowest BCUT2D eigenvalue weighted by Crippen LogP contribution is -2.52. The number of carbonyl (C=O) groups excluding carboxylic acids is 1. The first kappa shape index (κ1) is 16.3. The van der Waals surface area contributed by atoms with Crippen molar-refractivity contribution >= 4 is 17.4 Å². The molecule has 1 aromatic rings. The molecule has 5 nitrogen and oxygen atoms in total. The van der Waals surface area contributed by atoms with Crippen LogP contribution in [0.15, 0.2) is 16.8 Å². The Kier molecular flexibility index (Phi) is 6.48. The van der Waals surface area contributed by atoms with Gasteiger partial charge in [0.05, 0.1) is 0 Å². The molecule has 1 aliphatic rings. The van der Waals surface area contributed by atoms with Crippen LogP contribution in [0.3, 0.4) is 0 Å². The van der Waals surface area contributed by atoms with Gasteiger partial charge in [-0.25, -0.2) is 4.79 Å². The van der Waals surface area contributed by atoms with Crippen LogP contribution in [0, 0.1) is 0 Å². The highest BCUT2D eigenvalue weighted by atomic mass is 32.1. The Bertz CT molecular complexity index is 417. The van der Waals surface area contributed by atoms with Gasteiger partial charge in [-0.05, 0) is 35.7 Å². The van der Waals surface area contributed by atoms with Crippen molar-refractivity contribution in [1.82, 2.24) is 15.1 Å². The summed E-state index contributed by atoms with van der Waals surface area (Å²) in [5.41, 5.74) is 1.37. The maximum atomic E-state index is 12.0. The van der Waals surface area contributed by atoms with Gasteiger partial charge in [0.1, 0.15) is 0 Å². The molecular weight excluding hydrogens is 286 g/mol. The Labute approximate surface area is 130 Å². The van der Waals surface area contributed by atoms with E-state index in [1.54, 1.807) is 18.4 Å². The summed E-state index contributed by atoms with van der Waals surface area (Å²) in [6.07, 6.45) is 0.859. The molecular formula is C15H25N3O2S. The van der Waals surface area contributed by atoms with Crippen molar-refractivity contribution in [2.24, 2.45) is 0 Å². The van der Waals surface area contributed by atoms with Crippen LogP contribution in [0.2, 0.25) is 0 Å². The van der Waals surface area contributed by atoms with E-state index in [1.807, 2.05) is 4.90 Å².